The minimum atomic E-state index is -0.184. The number of benzene rings is 1. The molecule has 1 saturated heterocycles. The Labute approximate surface area is 167 Å². The quantitative estimate of drug-likeness (QED) is 0.634. The molecule has 2 aromatic heterocycles. The van der Waals surface area contributed by atoms with E-state index in [0.29, 0.717) is 13.0 Å². The molecule has 4 heterocycles. The zero-order valence-corrected chi connectivity index (χ0v) is 16.5. The number of aromatic nitrogens is 2. The maximum absolute atomic E-state index is 12.7. The molecule has 7 heteroatoms. The first-order valence-corrected chi connectivity index (χ1v) is 10.7. The molecule has 0 radical (unpaired) electrons. The lowest BCUT2D eigenvalue weighted by Gasteiger charge is -2.40. The monoisotopic (exact) mass is 396 g/mol. The van der Waals surface area contributed by atoms with Crippen molar-refractivity contribution in [2.24, 2.45) is 0 Å². The Kier molecular flexibility index (Phi) is 4.66. The molecule has 0 unspecified atom stereocenters. The molecule has 3 aromatic rings. The fraction of sp³-hybridized carbons (Fsp3) is 0.429. The van der Waals surface area contributed by atoms with Crippen LogP contribution >= 0.6 is 11.3 Å². The normalized spacial score (nSPS) is 18.3. The molecule has 1 amide bonds. The van der Waals surface area contributed by atoms with Crippen LogP contribution in [-0.4, -0.2) is 42.1 Å². The standard InChI is InChI=1S/C21H24N4O2S/c26-20(23-9-5-18-24-15-3-1-2-4-16(15)25-18)17-13-14-6-12-27-21(19(14)28-17)7-10-22-11-8-21/h1-4,13,22H,5-12H2,(H,23,26)(H,24,25). The van der Waals surface area contributed by atoms with Crippen LogP contribution in [0.5, 0.6) is 0 Å². The van der Waals surface area contributed by atoms with E-state index in [1.165, 1.54) is 10.4 Å². The van der Waals surface area contributed by atoms with Crippen molar-refractivity contribution in [3.8, 4) is 0 Å². The van der Waals surface area contributed by atoms with Crippen molar-refractivity contribution in [1.29, 1.82) is 0 Å². The molecule has 1 aromatic carbocycles. The topological polar surface area (TPSA) is 79.0 Å². The Balaban J connectivity index is 1.26. The van der Waals surface area contributed by atoms with Gasteiger partial charge < -0.3 is 20.4 Å². The number of carbonyl (C=O) groups excluding carboxylic acids is 1. The molecule has 3 N–H and O–H groups in total. The number of piperidine rings is 1. The fourth-order valence-electron chi connectivity index (χ4n) is 4.24. The molecular weight excluding hydrogens is 372 g/mol. The van der Waals surface area contributed by atoms with E-state index in [-0.39, 0.29) is 11.5 Å². The van der Waals surface area contributed by atoms with Crippen LogP contribution in [-0.2, 0) is 23.2 Å². The molecule has 0 saturated carbocycles. The van der Waals surface area contributed by atoms with Crippen LogP contribution in [0.3, 0.4) is 0 Å². The minimum Gasteiger partial charge on any atom is -0.369 e. The Morgan fingerprint density at radius 1 is 1.29 bits per heavy atom. The third-order valence-corrected chi connectivity index (χ3v) is 7.05. The first kappa shape index (κ1) is 17.8. The minimum absolute atomic E-state index is 0.000374. The van der Waals surface area contributed by atoms with Crippen molar-refractivity contribution in [1.82, 2.24) is 20.6 Å². The number of hydrogen-bond acceptors (Lipinski definition) is 5. The van der Waals surface area contributed by atoms with Crippen LogP contribution in [0.25, 0.3) is 11.0 Å². The number of hydrogen-bond donors (Lipinski definition) is 3. The van der Waals surface area contributed by atoms with Crippen LogP contribution in [0, 0.1) is 0 Å². The molecule has 2 aliphatic rings. The predicted molar refractivity (Wildman–Crippen MR) is 110 cm³/mol. The predicted octanol–water partition coefficient (Wildman–Crippen LogP) is 2.75. The smallest absolute Gasteiger partial charge is 0.261 e. The average Bonchev–Trinajstić information content (AvgIpc) is 3.33. The first-order chi connectivity index (χ1) is 13.7. The number of para-hydroxylation sites is 2. The second kappa shape index (κ2) is 7.31. The largest absolute Gasteiger partial charge is 0.369 e. The highest BCUT2D eigenvalue weighted by Crippen LogP contribution is 2.44. The van der Waals surface area contributed by atoms with E-state index >= 15 is 0 Å². The molecule has 0 bridgehead atoms. The van der Waals surface area contributed by atoms with Crippen molar-refractivity contribution < 1.29 is 9.53 Å². The highest BCUT2D eigenvalue weighted by Gasteiger charge is 2.41. The van der Waals surface area contributed by atoms with Crippen molar-refractivity contribution in [3.63, 3.8) is 0 Å². The highest BCUT2D eigenvalue weighted by molar-refractivity contribution is 7.14. The molecule has 28 heavy (non-hydrogen) atoms. The van der Waals surface area contributed by atoms with Gasteiger partial charge in [0, 0.05) is 17.8 Å². The van der Waals surface area contributed by atoms with E-state index in [9.17, 15) is 4.79 Å². The summed E-state index contributed by atoms with van der Waals surface area (Å²) < 4.78 is 6.22. The summed E-state index contributed by atoms with van der Waals surface area (Å²) in [6.45, 7) is 3.25. The van der Waals surface area contributed by atoms with Gasteiger partial charge in [-0.3, -0.25) is 4.79 Å². The van der Waals surface area contributed by atoms with Gasteiger partial charge in [0.2, 0.25) is 0 Å². The number of carbonyl (C=O) groups is 1. The molecule has 0 atom stereocenters. The van der Waals surface area contributed by atoms with Gasteiger partial charge in [0.05, 0.1) is 22.5 Å². The van der Waals surface area contributed by atoms with Gasteiger partial charge in [-0.2, -0.15) is 0 Å². The van der Waals surface area contributed by atoms with Crippen LogP contribution in [0.2, 0.25) is 0 Å². The second-order valence-corrected chi connectivity index (χ2v) is 8.57. The number of H-pyrrole nitrogens is 1. The third kappa shape index (κ3) is 3.23. The molecule has 0 aliphatic carbocycles. The summed E-state index contributed by atoms with van der Waals surface area (Å²) in [5.41, 5.74) is 3.10. The lowest BCUT2D eigenvalue weighted by Crippen LogP contribution is -2.43. The molecular formula is C21H24N4O2S. The average molecular weight is 397 g/mol. The van der Waals surface area contributed by atoms with Crippen molar-refractivity contribution >= 4 is 28.3 Å². The van der Waals surface area contributed by atoms with E-state index in [1.54, 1.807) is 11.3 Å². The van der Waals surface area contributed by atoms with Crippen LogP contribution in [0.4, 0.5) is 0 Å². The zero-order valence-electron chi connectivity index (χ0n) is 15.7. The molecule has 5 rings (SSSR count). The van der Waals surface area contributed by atoms with E-state index in [4.69, 9.17) is 4.74 Å². The third-order valence-electron chi connectivity index (χ3n) is 5.69. The fourth-order valence-corrected chi connectivity index (χ4v) is 5.57. The first-order valence-electron chi connectivity index (χ1n) is 9.93. The van der Waals surface area contributed by atoms with Gasteiger partial charge in [-0.1, -0.05) is 12.1 Å². The number of amides is 1. The van der Waals surface area contributed by atoms with E-state index < -0.39 is 0 Å². The van der Waals surface area contributed by atoms with Crippen molar-refractivity contribution in [2.45, 2.75) is 31.3 Å². The van der Waals surface area contributed by atoms with Crippen LogP contribution in [0.1, 0.15) is 38.8 Å². The summed E-state index contributed by atoms with van der Waals surface area (Å²) in [5, 5.41) is 6.46. The van der Waals surface area contributed by atoms with Gasteiger partial charge in [0.25, 0.3) is 5.91 Å². The van der Waals surface area contributed by atoms with E-state index in [1.807, 2.05) is 24.3 Å². The summed E-state index contributed by atoms with van der Waals surface area (Å²) in [6.07, 6.45) is 3.54. The number of aromatic amines is 1. The molecule has 2 aliphatic heterocycles. The maximum atomic E-state index is 12.7. The van der Waals surface area contributed by atoms with Crippen molar-refractivity contribution in [2.75, 3.05) is 26.2 Å². The summed E-state index contributed by atoms with van der Waals surface area (Å²) in [5.74, 6) is 0.897. The van der Waals surface area contributed by atoms with Crippen LogP contribution < -0.4 is 10.6 Å². The summed E-state index contributed by atoms with van der Waals surface area (Å²) in [6, 6.07) is 10.0. The summed E-state index contributed by atoms with van der Waals surface area (Å²) in [7, 11) is 0. The van der Waals surface area contributed by atoms with Gasteiger partial charge in [-0.25, -0.2) is 4.98 Å². The Bertz CT molecular complexity index is 970. The number of nitrogens with zero attached hydrogens (tertiary/aromatic N) is 1. The Morgan fingerprint density at radius 2 is 2.14 bits per heavy atom. The second-order valence-electron chi connectivity index (χ2n) is 7.51. The van der Waals surface area contributed by atoms with Gasteiger partial charge in [0.15, 0.2) is 0 Å². The van der Waals surface area contributed by atoms with E-state index in [0.717, 1.165) is 60.7 Å². The van der Waals surface area contributed by atoms with Gasteiger partial charge in [-0.05, 0) is 56.1 Å². The summed E-state index contributed by atoms with van der Waals surface area (Å²) >= 11 is 1.61. The van der Waals surface area contributed by atoms with Crippen molar-refractivity contribution in [3.05, 3.63) is 51.5 Å². The molecule has 6 nitrogen and oxygen atoms in total. The number of ether oxygens (including phenoxy) is 1. The van der Waals surface area contributed by atoms with Gasteiger partial charge in [-0.15, -0.1) is 11.3 Å². The SMILES string of the molecule is O=C(NCCc1nc2ccccc2[nH]1)c1cc2c(s1)C1(CCNCC1)OCC2. The van der Waals surface area contributed by atoms with Crippen LogP contribution in [0.15, 0.2) is 30.3 Å². The van der Waals surface area contributed by atoms with Gasteiger partial charge >= 0.3 is 0 Å². The molecule has 1 spiro atoms. The zero-order chi connectivity index (χ0) is 19.0. The number of fused-ring (bicyclic) bond motifs is 3. The summed E-state index contributed by atoms with van der Waals surface area (Å²) in [4.78, 5) is 22.6. The molecule has 1 fully saturated rings. The molecule has 146 valence electrons. The Morgan fingerprint density at radius 3 is 3.00 bits per heavy atom. The van der Waals surface area contributed by atoms with Gasteiger partial charge in [0.1, 0.15) is 11.4 Å². The highest BCUT2D eigenvalue weighted by atomic mass is 32.1. The maximum Gasteiger partial charge on any atom is 0.261 e. The Hall–Kier alpha value is -2.22. The lowest BCUT2D eigenvalue weighted by molar-refractivity contribution is -0.0771. The van der Waals surface area contributed by atoms with E-state index in [2.05, 4.69) is 26.7 Å². The number of rotatable bonds is 4. The number of nitrogens with one attached hydrogen (secondary N) is 3. The number of thiophene rings is 1. The number of imidazole rings is 1. The lowest BCUT2D eigenvalue weighted by atomic mass is 9.86.